The highest BCUT2D eigenvalue weighted by molar-refractivity contribution is 5.88. The molecule has 2 aromatic rings. The van der Waals surface area contributed by atoms with Crippen LogP contribution in [0.15, 0.2) is 43.1 Å². The first-order valence-electron chi connectivity index (χ1n) is 7.70. The molecular weight excluding hydrogens is 292 g/mol. The average Bonchev–Trinajstić information content (AvgIpc) is 2.63. The van der Waals surface area contributed by atoms with E-state index in [1.807, 2.05) is 12.3 Å². The number of anilines is 1. The molecule has 120 valence electrons. The largest absolute Gasteiger partial charge is 0.323 e. The average molecular weight is 312 g/mol. The van der Waals surface area contributed by atoms with Gasteiger partial charge in [0.2, 0.25) is 0 Å². The van der Waals surface area contributed by atoms with Crippen molar-refractivity contribution in [2.45, 2.75) is 13.0 Å². The van der Waals surface area contributed by atoms with Crippen molar-refractivity contribution in [3.8, 4) is 0 Å². The monoisotopic (exact) mass is 312 g/mol. The number of nitrogens with zero attached hydrogens (tertiary/aromatic N) is 5. The number of piperazine rings is 1. The number of carbonyl (C=O) groups is 1. The Balaban J connectivity index is 1.53. The van der Waals surface area contributed by atoms with Crippen molar-refractivity contribution < 1.29 is 4.79 Å². The molecule has 3 heterocycles. The summed E-state index contributed by atoms with van der Waals surface area (Å²) >= 11 is 0. The van der Waals surface area contributed by atoms with E-state index < -0.39 is 0 Å². The number of aromatic nitrogens is 3. The fraction of sp³-hybridized carbons (Fsp3) is 0.375. The summed E-state index contributed by atoms with van der Waals surface area (Å²) in [4.78, 5) is 28.6. The molecule has 23 heavy (non-hydrogen) atoms. The third kappa shape index (κ3) is 3.81. The summed E-state index contributed by atoms with van der Waals surface area (Å²) in [7, 11) is 0. The fourth-order valence-electron chi connectivity index (χ4n) is 2.70. The zero-order chi connectivity index (χ0) is 16.1. The van der Waals surface area contributed by atoms with Gasteiger partial charge in [0.15, 0.2) is 5.82 Å². The van der Waals surface area contributed by atoms with Gasteiger partial charge in [-0.2, -0.15) is 0 Å². The van der Waals surface area contributed by atoms with Crippen molar-refractivity contribution in [3.63, 3.8) is 0 Å². The van der Waals surface area contributed by atoms with Gasteiger partial charge in [-0.25, -0.2) is 9.78 Å². The van der Waals surface area contributed by atoms with E-state index in [-0.39, 0.29) is 6.03 Å². The third-order valence-corrected chi connectivity index (χ3v) is 4.11. The Hall–Kier alpha value is -2.54. The van der Waals surface area contributed by atoms with Gasteiger partial charge in [-0.05, 0) is 18.6 Å². The molecule has 1 N–H and O–H groups in total. The quantitative estimate of drug-likeness (QED) is 0.935. The van der Waals surface area contributed by atoms with E-state index in [0.717, 1.165) is 13.1 Å². The van der Waals surface area contributed by atoms with Gasteiger partial charge in [-0.1, -0.05) is 6.07 Å². The van der Waals surface area contributed by atoms with Gasteiger partial charge in [0.05, 0.1) is 6.20 Å². The van der Waals surface area contributed by atoms with Crippen LogP contribution in [0.3, 0.4) is 0 Å². The van der Waals surface area contributed by atoms with Crippen molar-refractivity contribution in [1.29, 1.82) is 0 Å². The molecule has 0 aromatic carbocycles. The van der Waals surface area contributed by atoms with Crippen LogP contribution in [-0.2, 0) is 0 Å². The van der Waals surface area contributed by atoms with Crippen molar-refractivity contribution in [3.05, 3.63) is 48.7 Å². The summed E-state index contributed by atoms with van der Waals surface area (Å²) < 4.78 is 0. The minimum absolute atomic E-state index is 0.126. The molecule has 1 unspecified atom stereocenters. The van der Waals surface area contributed by atoms with Crippen LogP contribution in [0.1, 0.15) is 18.5 Å². The Bertz CT molecular complexity index is 628. The number of carbonyl (C=O) groups excluding carboxylic acids is 1. The Labute approximate surface area is 135 Å². The number of urea groups is 1. The molecule has 3 rings (SSSR count). The molecule has 0 saturated carbocycles. The van der Waals surface area contributed by atoms with Crippen LogP contribution in [0.2, 0.25) is 0 Å². The molecule has 1 fully saturated rings. The second-order valence-corrected chi connectivity index (χ2v) is 5.51. The Kier molecular flexibility index (Phi) is 4.77. The van der Waals surface area contributed by atoms with Crippen molar-refractivity contribution in [2.75, 3.05) is 31.5 Å². The molecular formula is C16H20N6O. The predicted molar refractivity (Wildman–Crippen MR) is 86.8 cm³/mol. The van der Waals surface area contributed by atoms with Crippen molar-refractivity contribution in [1.82, 2.24) is 24.8 Å². The molecule has 0 radical (unpaired) electrons. The van der Waals surface area contributed by atoms with Gasteiger partial charge >= 0.3 is 6.03 Å². The Morgan fingerprint density at radius 3 is 2.57 bits per heavy atom. The molecule has 2 amide bonds. The molecule has 0 bridgehead atoms. The predicted octanol–water partition coefficient (Wildman–Crippen LogP) is 1.78. The second-order valence-electron chi connectivity index (χ2n) is 5.51. The first-order chi connectivity index (χ1) is 11.2. The Morgan fingerprint density at radius 1 is 1.13 bits per heavy atom. The zero-order valence-corrected chi connectivity index (χ0v) is 13.1. The Morgan fingerprint density at radius 2 is 1.91 bits per heavy atom. The van der Waals surface area contributed by atoms with E-state index >= 15 is 0 Å². The first kappa shape index (κ1) is 15.4. The van der Waals surface area contributed by atoms with Gasteiger partial charge in [0.1, 0.15) is 0 Å². The highest BCUT2D eigenvalue weighted by Crippen LogP contribution is 2.20. The normalized spacial score (nSPS) is 16.8. The third-order valence-electron chi connectivity index (χ3n) is 4.11. The highest BCUT2D eigenvalue weighted by atomic mass is 16.2. The van der Waals surface area contributed by atoms with E-state index in [9.17, 15) is 4.79 Å². The zero-order valence-electron chi connectivity index (χ0n) is 13.1. The number of hydrogen-bond acceptors (Lipinski definition) is 5. The maximum absolute atomic E-state index is 12.2. The molecule has 0 spiro atoms. The second kappa shape index (κ2) is 7.15. The van der Waals surface area contributed by atoms with Crippen LogP contribution >= 0.6 is 0 Å². The summed E-state index contributed by atoms with van der Waals surface area (Å²) in [5.74, 6) is 0.476. The number of hydrogen-bond donors (Lipinski definition) is 1. The van der Waals surface area contributed by atoms with Gasteiger partial charge in [-0.3, -0.25) is 20.2 Å². The summed E-state index contributed by atoms with van der Waals surface area (Å²) in [6, 6.07) is 4.22. The van der Waals surface area contributed by atoms with Crippen LogP contribution in [0, 0.1) is 0 Å². The lowest BCUT2D eigenvalue weighted by atomic mass is 10.1. The van der Waals surface area contributed by atoms with Gasteiger partial charge in [0.25, 0.3) is 0 Å². The molecule has 1 atom stereocenters. The lowest BCUT2D eigenvalue weighted by molar-refractivity contribution is 0.119. The number of pyridine rings is 1. The van der Waals surface area contributed by atoms with Gasteiger partial charge in [-0.15, -0.1) is 0 Å². The number of amides is 2. The van der Waals surface area contributed by atoms with E-state index in [1.54, 1.807) is 29.7 Å². The topological polar surface area (TPSA) is 74.2 Å². The highest BCUT2D eigenvalue weighted by Gasteiger charge is 2.24. The van der Waals surface area contributed by atoms with Gasteiger partial charge < -0.3 is 4.90 Å². The molecule has 1 saturated heterocycles. The summed E-state index contributed by atoms with van der Waals surface area (Å²) in [5, 5.41) is 2.77. The van der Waals surface area contributed by atoms with Crippen molar-refractivity contribution in [2.24, 2.45) is 0 Å². The molecule has 1 aliphatic rings. The lowest BCUT2D eigenvalue weighted by Gasteiger charge is -2.38. The summed E-state index contributed by atoms with van der Waals surface area (Å²) in [6.07, 6.45) is 8.36. The van der Waals surface area contributed by atoms with Gasteiger partial charge in [0, 0.05) is 57.0 Å². The summed E-state index contributed by atoms with van der Waals surface area (Å²) in [6.45, 7) is 5.23. The number of nitrogens with one attached hydrogen (secondary N) is 1. The van der Waals surface area contributed by atoms with E-state index in [4.69, 9.17) is 0 Å². The molecule has 7 heteroatoms. The minimum Gasteiger partial charge on any atom is -0.322 e. The standard InChI is InChI=1S/C16H20N6O/c1-13(14-3-2-4-17-11-14)21-7-9-22(10-8-21)16(23)20-15-12-18-5-6-19-15/h2-6,11-13H,7-10H2,1H3,(H,19,20,23). The van der Waals surface area contributed by atoms with Crippen LogP contribution in [-0.4, -0.2) is 57.0 Å². The minimum atomic E-state index is -0.126. The van der Waals surface area contributed by atoms with Crippen LogP contribution in [0.4, 0.5) is 10.6 Å². The fourth-order valence-corrected chi connectivity index (χ4v) is 2.70. The maximum atomic E-state index is 12.2. The van der Waals surface area contributed by atoms with Crippen LogP contribution in [0.5, 0.6) is 0 Å². The van der Waals surface area contributed by atoms with E-state index in [2.05, 4.69) is 38.2 Å². The van der Waals surface area contributed by atoms with Crippen molar-refractivity contribution >= 4 is 11.8 Å². The van der Waals surface area contributed by atoms with E-state index in [0.29, 0.717) is 24.9 Å². The smallest absolute Gasteiger partial charge is 0.322 e. The molecule has 0 aliphatic carbocycles. The SMILES string of the molecule is CC(c1cccnc1)N1CCN(C(=O)Nc2cnccn2)CC1. The molecule has 1 aliphatic heterocycles. The first-order valence-corrected chi connectivity index (χ1v) is 7.70. The van der Waals surface area contributed by atoms with E-state index in [1.165, 1.54) is 5.56 Å². The maximum Gasteiger partial charge on any atom is 0.323 e. The van der Waals surface area contributed by atoms with Crippen LogP contribution < -0.4 is 5.32 Å². The summed E-state index contributed by atoms with van der Waals surface area (Å²) in [5.41, 5.74) is 1.20. The van der Waals surface area contributed by atoms with Crippen LogP contribution in [0.25, 0.3) is 0 Å². The molecule has 7 nitrogen and oxygen atoms in total. The number of rotatable bonds is 3. The lowest BCUT2D eigenvalue weighted by Crippen LogP contribution is -2.50. The molecule has 2 aromatic heterocycles.